The molecule has 2 aromatic carbocycles. The van der Waals surface area contributed by atoms with Gasteiger partial charge < -0.3 is 53.5 Å². The van der Waals surface area contributed by atoms with Gasteiger partial charge in [0.25, 0.3) is 0 Å². The minimum atomic E-state index is -1.45. The van der Waals surface area contributed by atoms with Crippen LogP contribution in [0.5, 0.6) is 23.0 Å². The molecule has 65 heavy (non-hydrogen) atoms. The van der Waals surface area contributed by atoms with E-state index < -0.39 is 23.8 Å². The number of carbonyl (C=O) groups excluding carboxylic acids is 2. The molecule has 1 aliphatic heterocycles. The molecule has 6 rings (SSSR count). The lowest BCUT2D eigenvalue weighted by atomic mass is 9.55. The van der Waals surface area contributed by atoms with Gasteiger partial charge in [0.05, 0.1) is 58.0 Å². The Bertz CT molecular complexity index is 1930. The van der Waals surface area contributed by atoms with E-state index in [0.717, 1.165) is 56.1 Å². The molecular formula is C50H71N3O12. The fourth-order valence-corrected chi connectivity index (χ4v) is 10.6. The molecule has 358 valence electrons. The minimum Gasteiger partial charge on any atom is -0.497 e. The predicted molar refractivity (Wildman–Crippen MR) is 247 cm³/mol. The maximum Gasteiger partial charge on any atom is 0.417 e. The molecule has 2 saturated carbocycles. The van der Waals surface area contributed by atoms with Gasteiger partial charge in [-0.05, 0) is 92.7 Å². The number of hydrogen-bond donors (Lipinski definition) is 4. The summed E-state index contributed by atoms with van der Waals surface area (Å²) in [6.07, 6.45) is 13.6. The van der Waals surface area contributed by atoms with Crippen molar-refractivity contribution >= 4 is 23.4 Å². The van der Waals surface area contributed by atoms with Gasteiger partial charge in [0.15, 0.2) is 0 Å². The zero-order valence-electron chi connectivity index (χ0n) is 38.5. The Morgan fingerprint density at radius 2 is 1.72 bits per heavy atom. The lowest BCUT2D eigenvalue weighted by molar-refractivity contribution is -0.258. The van der Waals surface area contributed by atoms with Crippen LogP contribution >= 0.6 is 0 Å². The summed E-state index contributed by atoms with van der Waals surface area (Å²) in [6, 6.07) is 9.73. The molecule has 0 bridgehead atoms. The summed E-state index contributed by atoms with van der Waals surface area (Å²) in [5.41, 5.74) is 2.82. The third-order valence-electron chi connectivity index (χ3n) is 13.5. The first-order chi connectivity index (χ1) is 31.7. The average Bonchev–Trinajstić information content (AvgIpc) is 3.85. The van der Waals surface area contributed by atoms with E-state index in [1.165, 1.54) is 20.0 Å². The molecule has 15 heteroatoms. The number of amides is 2. The number of fused-ring (bicyclic) bond motifs is 2. The number of oxime groups is 1. The molecule has 0 spiro atoms. The first kappa shape index (κ1) is 49.8. The summed E-state index contributed by atoms with van der Waals surface area (Å²) in [7, 11) is 3.06. The third kappa shape index (κ3) is 12.0. The number of nitrogens with zero attached hydrogens (tertiary/aromatic N) is 2. The van der Waals surface area contributed by atoms with Crippen LogP contribution in [0.3, 0.4) is 0 Å². The van der Waals surface area contributed by atoms with Crippen LogP contribution in [0.2, 0.25) is 0 Å². The van der Waals surface area contributed by atoms with Crippen molar-refractivity contribution < 1.29 is 58.2 Å². The Labute approximate surface area is 384 Å². The highest BCUT2D eigenvalue weighted by molar-refractivity contribution is 6.03. The molecule has 4 N–H and O–H groups in total. The van der Waals surface area contributed by atoms with Crippen LogP contribution in [-0.2, 0) is 19.1 Å². The Morgan fingerprint density at radius 1 is 0.954 bits per heavy atom. The zero-order valence-corrected chi connectivity index (χ0v) is 38.5. The van der Waals surface area contributed by atoms with Crippen LogP contribution in [0, 0.1) is 23.7 Å². The Morgan fingerprint density at radius 3 is 2.43 bits per heavy atom. The van der Waals surface area contributed by atoms with Crippen LogP contribution in [0.25, 0.3) is 0 Å². The fourth-order valence-electron chi connectivity index (χ4n) is 10.6. The summed E-state index contributed by atoms with van der Waals surface area (Å²) in [6.45, 7) is 6.91. The number of carbonyl (C=O) groups is 2. The number of allylic oxidation sites excluding steroid dienone is 1. The number of aliphatic hydroxyl groups excluding tert-OH is 3. The number of hydrogen-bond acceptors (Lipinski definition) is 13. The smallest absolute Gasteiger partial charge is 0.417 e. The standard InChI is InChI=1S/C50H71N3O12/c1-5-27-62-50-45(53(23-28-61-29-26-56)46(57)22-17-34-13-7-8-14-34)33-42(52-63-6-2)39-30-35(15-9-11-24-54)38(16-10-12-25-55)47(48(39)50)40-31-37(19-21-43(40)65-50)64-49(58)51-41-20-18-36(59-3)32-44(41)60-4/h5,18-21,30-32,34-35,38,45,47-48,54-56H,1,6-17,22-29,33H2,2-4H3,(H,51,58). The summed E-state index contributed by atoms with van der Waals surface area (Å²) in [5.74, 6) is -0.0414. The van der Waals surface area contributed by atoms with E-state index >= 15 is 0 Å². The fraction of sp³-hybridized carbons (Fsp3) is 0.620. The summed E-state index contributed by atoms with van der Waals surface area (Å²) in [4.78, 5) is 36.2. The van der Waals surface area contributed by atoms with E-state index in [4.69, 9.17) is 38.4 Å². The maximum absolute atomic E-state index is 14.8. The second-order valence-corrected chi connectivity index (χ2v) is 17.4. The molecule has 2 fully saturated rings. The maximum atomic E-state index is 14.8. The van der Waals surface area contributed by atoms with E-state index in [9.17, 15) is 24.9 Å². The van der Waals surface area contributed by atoms with Crippen LogP contribution in [0.1, 0.15) is 102 Å². The van der Waals surface area contributed by atoms with Gasteiger partial charge in [0.2, 0.25) is 11.7 Å². The highest BCUT2D eigenvalue weighted by atomic mass is 16.7. The lowest BCUT2D eigenvalue weighted by Crippen LogP contribution is -2.70. The summed E-state index contributed by atoms with van der Waals surface area (Å²) < 4.78 is 37.1. The van der Waals surface area contributed by atoms with Crippen molar-refractivity contribution in [2.75, 3.05) is 72.3 Å². The van der Waals surface area contributed by atoms with Crippen molar-refractivity contribution in [3.63, 3.8) is 0 Å². The van der Waals surface area contributed by atoms with E-state index in [1.54, 1.807) is 37.5 Å². The molecule has 0 radical (unpaired) electrons. The molecule has 6 unspecified atom stereocenters. The Hall–Kier alpha value is -4.67. The van der Waals surface area contributed by atoms with Gasteiger partial charge in [-0.15, -0.1) is 6.58 Å². The van der Waals surface area contributed by atoms with Crippen molar-refractivity contribution in [3.05, 3.63) is 66.3 Å². The van der Waals surface area contributed by atoms with Gasteiger partial charge in [-0.2, -0.15) is 0 Å². The number of unbranched alkanes of at least 4 members (excludes halogenated alkanes) is 2. The van der Waals surface area contributed by atoms with Crippen LogP contribution < -0.4 is 24.3 Å². The zero-order chi connectivity index (χ0) is 46.2. The molecule has 15 nitrogen and oxygen atoms in total. The predicted octanol–water partition coefficient (Wildman–Crippen LogP) is 7.78. The largest absolute Gasteiger partial charge is 0.497 e. The van der Waals surface area contributed by atoms with Crippen molar-refractivity contribution in [2.24, 2.45) is 28.8 Å². The molecule has 0 aromatic heterocycles. The van der Waals surface area contributed by atoms with E-state index in [-0.39, 0.29) is 76.3 Å². The molecule has 6 atom stereocenters. The summed E-state index contributed by atoms with van der Waals surface area (Å²) in [5, 5.41) is 37.1. The molecule has 0 saturated heterocycles. The summed E-state index contributed by atoms with van der Waals surface area (Å²) >= 11 is 0. The monoisotopic (exact) mass is 906 g/mol. The number of aliphatic hydroxyl groups is 3. The number of nitrogens with one attached hydrogen (secondary N) is 1. The third-order valence-corrected chi connectivity index (χ3v) is 13.5. The molecule has 4 aliphatic rings. The molecular weight excluding hydrogens is 835 g/mol. The van der Waals surface area contributed by atoms with E-state index in [1.807, 2.05) is 24.0 Å². The SMILES string of the molecule is C=CCOC12Oc3ccc(OC(=O)Nc4ccc(OC)cc4OC)cc3C3C(CCCCO)C(CCCCO)C=C(C(=NOCC)CC1N(CCOCCO)C(=O)CCC1CCCC1)C32. The van der Waals surface area contributed by atoms with Crippen molar-refractivity contribution in [2.45, 2.75) is 108 Å². The average molecular weight is 906 g/mol. The highest BCUT2D eigenvalue weighted by Crippen LogP contribution is 2.62. The first-order valence-corrected chi connectivity index (χ1v) is 23.6. The van der Waals surface area contributed by atoms with Crippen molar-refractivity contribution in [1.82, 2.24) is 4.90 Å². The normalized spacial score (nSPS) is 24.0. The van der Waals surface area contributed by atoms with Crippen molar-refractivity contribution in [1.29, 1.82) is 0 Å². The number of anilines is 1. The number of methoxy groups -OCH3 is 2. The number of rotatable bonds is 26. The lowest BCUT2D eigenvalue weighted by Gasteiger charge is -2.60. The topological polar surface area (TPSA) is 187 Å². The van der Waals surface area contributed by atoms with Gasteiger partial charge in [-0.25, -0.2) is 4.79 Å². The van der Waals surface area contributed by atoms with Crippen LogP contribution in [-0.4, -0.2) is 117 Å². The molecule has 2 amide bonds. The second-order valence-electron chi connectivity index (χ2n) is 17.4. The second kappa shape index (κ2) is 24.7. The van der Waals surface area contributed by atoms with Gasteiger partial charge >= 0.3 is 6.09 Å². The van der Waals surface area contributed by atoms with E-state index in [2.05, 4.69) is 18.0 Å². The van der Waals surface area contributed by atoms with Gasteiger partial charge in [0.1, 0.15) is 35.6 Å². The van der Waals surface area contributed by atoms with Gasteiger partial charge in [0, 0.05) is 50.1 Å². The highest BCUT2D eigenvalue weighted by Gasteiger charge is 2.65. The Balaban J connectivity index is 1.50. The quantitative estimate of drug-likeness (QED) is 0.0409. The van der Waals surface area contributed by atoms with Gasteiger partial charge in [-0.3, -0.25) is 10.1 Å². The van der Waals surface area contributed by atoms with Gasteiger partial charge in [-0.1, -0.05) is 55.8 Å². The Kier molecular flexibility index (Phi) is 18.9. The number of ether oxygens (including phenoxy) is 6. The molecule has 1 heterocycles. The molecule has 3 aliphatic carbocycles. The minimum absolute atomic E-state index is 0.0226. The number of benzene rings is 2. The first-order valence-electron chi connectivity index (χ1n) is 23.6. The van der Waals surface area contributed by atoms with Crippen molar-refractivity contribution in [3.8, 4) is 23.0 Å². The van der Waals surface area contributed by atoms with Crippen LogP contribution in [0.15, 0.2) is 65.9 Å². The van der Waals surface area contributed by atoms with Crippen LogP contribution in [0.4, 0.5) is 10.5 Å². The van der Waals surface area contributed by atoms with E-state index in [0.29, 0.717) is 66.2 Å². The molecule has 2 aromatic rings.